The van der Waals surface area contributed by atoms with Crippen LogP contribution in [0.1, 0.15) is 47.8 Å². The number of hydrogen-bond donors (Lipinski definition) is 0. The largest absolute Gasteiger partial charge is 0.339 e. The highest BCUT2D eigenvalue weighted by Crippen LogP contribution is 2.50. The van der Waals surface area contributed by atoms with Crippen LogP contribution >= 0.6 is 22.7 Å². The SMILES string of the molecule is O=C(C1CC1c1cccs1)N1CCN(C(=O)C2(c3cccs3)CCCC2)CC1. The molecule has 3 aliphatic rings. The molecule has 2 amide bonds. The van der Waals surface area contributed by atoms with E-state index in [0.717, 1.165) is 32.1 Å². The average Bonchev–Trinajstić information content (AvgIpc) is 3.22. The van der Waals surface area contributed by atoms with Crippen molar-refractivity contribution in [1.82, 2.24) is 9.80 Å². The van der Waals surface area contributed by atoms with Gasteiger partial charge in [-0.25, -0.2) is 0 Å². The molecule has 1 saturated heterocycles. The molecule has 0 spiro atoms. The third-order valence-corrected chi connectivity index (χ3v) is 8.83. The molecule has 2 saturated carbocycles. The molecule has 3 heterocycles. The van der Waals surface area contributed by atoms with Gasteiger partial charge in [0.15, 0.2) is 0 Å². The predicted molar refractivity (Wildman–Crippen MR) is 113 cm³/mol. The van der Waals surface area contributed by atoms with E-state index in [1.54, 1.807) is 22.7 Å². The summed E-state index contributed by atoms with van der Waals surface area (Å²) in [6.07, 6.45) is 5.19. The van der Waals surface area contributed by atoms with Crippen LogP contribution in [0.5, 0.6) is 0 Å². The van der Waals surface area contributed by atoms with E-state index in [4.69, 9.17) is 0 Å². The summed E-state index contributed by atoms with van der Waals surface area (Å²) in [6, 6.07) is 8.40. The lowest BCUT2D eigenvalue weighted by molar-refractivity contribution is -0.143. The Morgan fingerprint density at radius 2 is 1.61 bits per heavy atom. The van der Waals surface area contributed by atoms with E-state index in [1.165, 1.54) is 9.75 Å². The molecule has 0 bridgehead atoms. The van der Waals surface area contributed by atoms with Gasteiger partial charge in [0.1, 0.15) is 0 Å². The minimum atomic E-state index is -0.304. The zero-order valence-corrected chi connectivity index (χ0v) is 17.6. The van der Waals surface area contributed by atoms with Crippen LogP contribution in [-0.4, -0.2) is 47.8 Å². The minimum Gasteiger partial charge on any atom is -0.339 e. The summed E-state index contributed by atoms with van der Waals surface area (Å²) in [5, 5.41) is 4.17. The first-order valence-electron chi connectivity index (χ1n) is 10.3. The summed E-state index contributed by atoms with van der Waals surface area (Å²) in [4.78, 5) is 32.9. The number of carbonyl (C=O) groups excluding carboxylic acids is 2. The number of thiophene rings is 2. The molecule has 5 rings (SSSR count). The van der Waals surface area contributed by atoms with E-state index in [-0.39, 0.29) is 11.3 Å². The molecule has 2 aromatic heterocycles. The Hall–Kier alpha value is -1.66. The first kappa shape index (κ1) is 18.4. The Labute approximate surface area is 174 Å². The van der Waals surface area contributed by atoms with E-state index < -0.39 is 0 Å². The average molecular weight is 415 g/mol. The molecule has 6 heteroatoms. The Morgan fingerprint density at radius 1 is 0.929 bits per heavy atom. The van der Waals surface area contributed by atoms with Gasteiger partial charge in [-0.15, -0.1) is 22.7 Å². The molecule has 0 N–H and O–H groups in total. The van der Waals surface area contributed by atoms with Gasteiger partial charge < -0.3 is 9.80 Å². The summed E-state index contributed by atoms with van der Waals surface area (Å²) in [7, 11) is 0. The van der Waals surface area contributed by atoms with E-state index in [1.807, 2.05) is 9.80 Å². The molecule has 28 heavy (non-hydrogen) atoms. The quantitative estimate of drug-likeness (QED) is 0.756. The summed E-state index contributed by atoms with van der Waals surface area (Å²) in [5.74, 6) is 1.17. The highest BCUT2D eigenvalue weighted by atomic mass is 32.1. The molecule has 148 valence electrons. The van der Waals surface area contributed by atoms with Crippen LogP contribution in [0.15, 0.2) is 35.0 Å². The monoisotopic (exact) mass is 414 g/mol. The summed E-state index contributed by atoms with van der Waals surface area (Å²) in [5.41, 5.74) is -0.304. The predicted octanol–water partition coefficient (Wildman–Crippen LogP) is 4.10. The van der Waals surface area contributed by atoms with Crippen molar-refractivity contribution in [3.8, 4) is 0 Å². The Kier molecular flexibility index (Phi) is 4.79. The van der Waals surface area contributed by atoms with E-state index in [0.29, 0.717) is 43.9 Å². The van der Waals surface area contributed by atoms with Crippen molar-refractivity contribution in [3.05, 3.63) is 44.8 Å². The van der Waals surface area contributed by atoms with Gasteiger partial charge in [0.2, 0.25) is 11.8 Å². The fourth-order valence-corrected chi connectivity index (χ4v) is 6.93. The Bertz CT molecular complexity index is 832. The van der Waals surface area contributed by atoms with Crippen molar-refractivity contribution < 1.29 is 9.59 Å². The molecule has 4 nitrogen and oxygen atoms in total. The van der Waals surface area contributed by atoms with Crippen molar-refractivity contribution in [1.29, 1.82) is 0 Å². The van der Waals surface area contributed by atoms with Crippen LogP contribution in [0.2, 0.25) is 0 Å². The number of rotatable bonds is 4. The second-order valence-electron chi connectivity index (χ2n) is 8.35. The second kappa shape index (κ2) is 7.30. The van der Waals surface area contributed by atoms with Crippen molar-refractivity contribution in [3.63, 3.8) is 0 Å². The summed E-state index contributed by atoms with van der Waals surface area (Å²) in [6.45, 7) is 2.71. The first-order chi connectivity index (χ1) is 13.7. The molecular formula is C22H26N2O2S2. The lowest BCUT2D eigenvalue weighted by atomic mass is 9.82. The fourth-order valence-electron chi connectivity index (χ4n) is 5.05. The Morgan fingerprint density at radius 3 is 2.25 bits per heavy atom. The second-order valence-corrected chi connectivity index (χ2v) is 10.3. The van der Waals surface area contributed by atoms with Crippen molar-refractivity contribution in [2.24, 2.45) is 5.92 Å². The molecule has 0 radical (unpaired) electrons. The van der Waals surface area contributed by atoms with Crippen LogP contribution in [0.4, 0.5) is 0 Å². The molecule has 0 aromatic carbocycles. The Balaban J connectivity index is 1.21. The van der Waals surface area contributed by atoms with Crippen molar-refractivity contribution >= 4 is 34.5 Å². The number of piperazine rings is 1. The van der Waals surface area contributed by atoms with Gasteiger partial charge in [0.25, 0.3) is 0 Å². The topological polar surface area (TPSA) is 40.6 Å². The fraction of sp³-hybridized carbons (Fsp3) is 0.545. The lowest BCUT2D eigenvalue weighted by Gasteiger charge is -2.39. The molecule has 3 fully saturated rings. The maximum atomic E-state index is 13.5. The molecular weight excluding hydrogens is 388 g/mol. The van der Waals surface area contributed by atoms with Gasteiger partial charge in [0, 0.05) is 47.8 Å². The van der Waals surface area contributed by atoms with Crippen LogP contribution in [-0.2, 0) is 15.0 Å². The van der Waals surface area contributed by atoms with Crippen LogP contribution in [0.25, 0.3) is 0 Å². The van der Waals surface area contributed by atoms with Crippen molar-refractivity contribution in [2.75, 3.05) is 26.2 Å². The zero-order chi connectivity index (χ0) is 19.1. The number of nitrogens with zero attached hydrogens (tertiary/aromatic N) is 2. The number of hydrogen-bond acceptors (Lipinski definition) is 4. The van der Waals surface area contributed by atoms with Gasteiger partial charge in [-0.2, -0.15) is 0 Å². The van der Waals surface area contributed by atoms with E-state index >= 15 is 0 Å². The standard InChI is InChI=1S/C22H26N2O2S2/c25-20(17-15-16(17)18-5-3-13-27-18)23-9-11-24(12-10-23)21(26)22(7-1-2-8-22)19-6-4-14-28-19/h3-6,13-14,16-17H,1-2,7-12,15H2. The lowest BCUT2D eigenvalue weighted by Crippen LogP contribution is -2.55. The smallest absolute Gasteiger partial charge is 0.234 e. The summed E-state index contributed by atoms with van der Waals surface area (Å²) < 4.78 is 0. The molecule has 2 aromatic rings. The van der Waals surface area contributed by atoms with E-state index in [9.17, 15) is 9.59 Å². The number of amides is 2. The summed E-state index contributed by atoms with van der Waals surface area (Å²) >= 11 is 3.47. The van der Waals surface area contributed by atoms with Crippen LogP contribution in [0.3, 0.4) is 0 Å². The van der Waals surface area contributed by atoms with Gasteiger partial charge in [-0.3, -0.25) is 9.59 Å². The van der Waals surface area contributed by atoms with Gasteiger partial charge in [-0.1, -0.05) is 25.0 Å². The third-order valence-electron chi connectivity index (χ3n) is 6.75. The van der Waals surface area contributed by atoms with Gasteiger partial charge in [-0.05, 0) is 42.2 Å². The highest BCUT2D eigenvalue weighted by Gasteiger charge is 2.48. The first-order valence-corrected chi connectivity index (χ1v) is 12.1. The molecule has 1 aliphatic heterocycles. The number of carbonyl (C=O) groups is 2. The van der Waals surface area contributed by atoms with Crippen molar-refractivity contribution in [2.45, 2.75) is 43.4 Å². The highest BCUT2D eigenvalue weighted by molar-refractivity contribution is 7.10. The van der Waals surface area contributed by atoms with Crippen LogP contribution in [0, 0.1) is 5.92 Å². The van der Waals surface area contributed by atoms with E-state index in [2.05, 4.69) is 35.0 Å². The molecule has 2 unspecified atom stereocenters. The maximum Gasteiger partial charge on any atom is 0.234 e. The van der Waals surface area contributed by atoms with Gasteiger partial charge in [0.05, 0.1) is 5.41 Å². The third kappa shape index (κ3) is 3.11. The van der Waals surface area contributed by atoms with Crippen LogP contribution < -0.4 is 0 Å². The molecule has 2 aliphatic carbocycles. The minimum absolute atomic E-state index is 0.160. The zero-order valence-electron chi connectivity index (χ0n) is 16.0. The maximum absolute atomic E-state index is 13.5. The normalized spacial score (nSPS) is 26.4. The molecule has 2 atom stereocenters. The van der Waals surface area contributed by atoms with Gasteiger partial charge >= 0.3 is 0 Å².